The Morgan fingerprint density at radius 2 is 1.67 bits per heavy atom. The van der Waals surface area contributed by atoms with Crippen LogP contribution in [0, 0.1) is 0 Å². The van der Waals surface area contributed by atoms with Crippen molar-refractivity contribution >= 4 is 40.1 Å². The summed E-state index contributed by atoms with van der Waals surface area (Å²) in [4.78, 5) is 51.5. The van der Waals surface area contributed by atoms with Gasteiger partial charge in [-0.15, -0.1) is 0 Å². The van der Waals surface area contributed by atoms with Crippen molar-refractivity contribution in [3.8, 4) is 0 Å². The molecule has 7 heteroatoms. The molecule has 1 aliphatic rings. The van der Waals surface area contributed by atoms with E-state index in [1.807, 2.05) is 49.4 Å². The van der Waals surface area contributed by atoms with Crippen molar-refractivity contribution in [2.24, 2.45) is 0 Å². The molecule has 0 saturated carbocycles. The van der Waals surface area contributed by atoms with Crippen molar-refractivity contribution in [3.05, 3.63) is 77.9 Å². The highest BCUT2D eigenvalue weighted by molar-refractivity contribution is 6.12. The zero-order valence-electron chi connectivity index (χ0n) is 18.6. The molecule has 2 N–H and O–H groups in total. The summed E-state index contributed by atoms with van der Waals surface area (Å²) in [5.74, 6) is -0.934. The third kappa shape index (κ3) is 4.22. The molecule has 1 fully saturated rings. The maximum absolute atomic E-state index is 13.3. The molecule has 7 nitrogen and oxygen atoms in total. The molecule has 1 aliphatic heterocycles. The number of ketones is 1. The highest BCUT2D eigenvalue weighted by Gasteiger charge is 2.50. The smallest absolute Gasteiger partial charge is 0.325 e. The van der Waals surface area contributed by atoms with Gasteiger partial charge in [-0.3, -0.25) is 19.3 Å². The number of Topliss-reactive ketones (excluding diaryl/α,β-unsaturated/α-hetero) is 1. The average molecular weight is 444 g/mol. The van der Waals surface area contributed by atoms with Gasteiger partial charge < -0.3 is 10.6 Å². The lowest BCUT2D eigenvalue weighted by molar-refractivity contribution is -0.130. The molecule has 1 heterocycles. The molecule has 1 atom stereocenters. The third-order valence-corrected chi connectivity index (χ3v) is 5.87. The summed E-state index contributed by atoms with van der Waals surface area (Å²) in [6.45, 7) is 3.21. The summed E-state index contributed by atoms with van der Waals surface area (Å²) >= 11 is 0. The normalized spacial score (nSPS) is 17.8. The number of nitrogens with one attached hydrogen (secondary N) is 2. The molecule has 168 valence electrons. The average Bonchev–Trinajstić information content (AvgIpc) is 3.03. The van der Waals surface area contributed by atoms with Crippen molar-refractivity contribution in [3.63, 3.8) is 0 Å². The molecule has 1 unspecified atom stereocenters. The number of hydrogen-bond acceptors (Lipinski definition) is 4. The van der Waals surface area contributed by atoms with E-state index in [2.05, 4.69) is 10.6 Å². The van der Waals surface area contributed by atoms with Crippen LogP contribution in [-0.4, -0.2) is 35.1 Å². The second kappa shape index (κ2) is 8.86. The lowest BCUT2D eigenvalue weighted by Gasteiger charge is -2.24. The Morgan fingerprint density at radius 3 is 2.39 bits per heavy atom. The molecular formula is C26H25N3O4. The van der Waals surface area contributed by atoms with Crippen LogP contribution in [0.4, 0.5) is 10.5 Å². The number of urea groups is 1. The zero-order chi connectivity index (χ0) is 23.6. The van der Waals surface area contributed by atoms with Gasteiger partial charge in [0.2, 0.25) is 5.91 Å². The summed E-state index contributed by atoms with van der Waals surface area (Å²) in [6, 6.07) is 19.1. The van der Waals surface area contributed by atoms with Gasteiger partial charge in [-0.2, -0.15) is 0 Å². The second-order valence-corrected chi connectivity index (χ2v) is 8.27. The molecule has 3 aromatic rings. The fraction of sp³-hybridized carbons (Fsp3) is 0.231. The van der Waals surface area contributed by atoms with Crippen LogP contribution in [0.15, 0.2) is 66.7 Å². The minimum atomic E-state index is -1.27. The van der Waals surface area contributed by atoms with E-state index in [4.69, 9.17) is 0 Å². The molecule has 0 aromatic heterocycles. The van der Waals surface area contributed by atoms with Gasteiger partial charge in [0.1, 0.15) is 5.54 Å². The van der Waals surface area contributed by atoms with Gasteiger partial charge in [0.25, 0.3) is 5.91 Å². The minimum Gasteiger partial charge on any atom is -0.326 e. The summed E-state index contributed by atoms with van der Waals surface area (Å²) in [5.41, 5.74) is 0.346. The Balaban J connectivity index is 1.52. The fourth-order valence-corrected chi connectivity index (χ4v) is 4.11. The molecule has 0 radical (unpaired) electrons. The Morgan fingerprint density at radius 1 is 0.970 bits per heavy atom. The standard InChI is InChI=1S/C26H25N3O4/c1-3-7-23(31)27-19-14-12-18(13-15-19)22(30)16-29-24(32)26(2,28-25(29)33)21-11-6-9-17-8-4-5-10-20(17)21/h4-6,8-15H,3,7,16H2,1-2H3,(H,27,31)(H,28,33). The van der Waals surface area contributed by atoms with Crippen molar-refractivity contribution < 1.29 is 19.2 Å². The molecule has 4 rings (SSSR count). The maximum Gasteiger partial charge on any atom is 0.325 e. The predicted molar refractivity (Wildman–Crippen MR) is 126 cm³/mol. The molecule has 33 heavy (non-hydrogen) atoms. The number of hydrogen-bond donors (Lipinski definition) is 2. The van der Waals surface area contributed by atoms with Crippen molar-refractivity contribution in [1.82, 2.24) is 10.2 Å². The number of carbonyl (C=O) groups is 4. The number of fused-ring (bicyclic) bond motifs is 1. The number of imide groups is 1. The first-order chi connectivity index (χ1) is 15.8. The topological polar surface area (TPSA) is 95.6 Å². The summed E-state index contributed by atoms with van der Waals surface area (Å²) in [6.07, 6.45) is 1.16. The van der Waals surface area contributed by atoms with Crippen molar-refractivity contribution in [2.45, 2.75) is 32.2 Å². The first-order valence-electron chi connectivity index (χ1n) is 10.9. The van der Waals surface area contributed by atoms with Crippen LogP contribution in [0.2, 0.25) is 0 Å². The highest BCUT2D eigenvalue weighted by Crippen LogP contribution is 2.33. The number of rotatable bonds is 7. The number of amides is 4. The zero-order valence-corrected chi connectivity index (χ0v) is 18.6. The molecule has 0 aliphatic carbocycles. The van der Waals surface area contributed by atoms with Crippen molar-refractivity contribution in [1.29, 1.82) is 0 Å². The van der Waals surface area contributed by atoms with Gasteiger partial charge in [0.15, 0.2) is 5.78 Å². The van der Waals surface area contributed by atoms with Crippen LogP contribution < -0.4 is 10.6 Å². The van der Waals surface area contributed by atoms with Gasteiger partial charge in [-0.05, 0) is 53.9 Å². The van der Waals surface area contributed by atoms with E-state index in [0.717, 1.165) is 22.1 Å². The molecule has 0 spiro atoms. The molecule has 0 bridgehead atoms. The number of carbonyl (C=O) groups excluding carboxylic acids is 4. The van der Waals surface area contributed by atoms with Gasteiger partial charge >= 0.3 is 6.03 Å². The van der Waals surface area contributed by atoms with Crippen LogP contribution in [0.5, 0.6) is 0 Å². The summed E-state index contributed by atoms with van der Waals surface area (Å²) in [7, 11) is 0. The third-order valence-electron chi connectivity index (χ3n) is 5.87. The van der Waals surface area contributed by atoms with Crippen LogP contribution in [0.25, 0.3) is 10.8 Å². The SMILES string of the molecule is CCCC(=O)Nc1ccc(C(=O)CN2C(=O)NC(C)(c3cccc4ccccc34)C2=O)cc1. The van der Waals surface area contributed by atoms with Crippen molar-refractivity contribution in [2.75, 3.05) is 11.9 Å². The molecular weight excluding hydrogens is 418 g/mol. The monoisotopic (exact) mass is 443 g/mol. The second-order valence-electron chi connectivity index (χ2n) is 8.27. The summed E-state index contributed by atoms with van der Waals surface area (Å²) in [5, 5.41) is 7.36. The highest BCUT2D eigenvalue weighted by atomic mass is 16.2. The van der Waals surface area contributed by atoms with Gasteiger partial charge in [0, 0.05) is 17.7 Å². The molecule has 3 aromatic carbocycles. The van der Waals surface area contributed by atoms with E-state index in [1.165, 1.54) is 0 Å². The van der Waals surface area contributed by atoms with Gasteiger partial charge in [-0.1, -0.05) is 49.4 Å². The van der Waals surface area contributed by atoms with E-state index in [1.54, 1.807) is 31.2 Å². The van der Waals surface area contributed by atoms with E-state index < -0.39 is 17.5 Å². The summed E-state index contributed by atoms with van der Waals surface area (Å²) < 4.78 is 0. The van der Waals surface area contributed by atoms with E-state index in [-0.39, 0.29) is 18.2 Å². The lowest BCUT2D eigenvalue weighted by Crippen LogP contribution is -2.41. The Hall–Kier alpha value is -4.00. The Bertz CT molecular complexity index is 1250. The van der Waals surface area contributed by atoms with E-state index in [0.29, 0.717) is 23.2 Å². The lowest BCUT2D eigenvalue weighted by atomic mass is 9.88. The minimum absolute atomic E-state index is 0.0939. The maximum atomic E-state index is 13.3. The Kier molecular flexibility index (Phi) is 5.96. The first-order valence-corrected chi connectivity index (χ1v) is 10.9. The predicted octanol–water partition coefficient (Wildman–Crippen LogP) is 4.23. The van der Waals surface area contributed by atoms with Gasteiger partial charge in [-0.25, -0.2) is 4.79 Å². The number of benzene rings is 3. The number of nitrogens with zero attached hydrogens (tertiary/aromatic N) is 1. The van der Waals surface area contributed by atoms with Gasteiger partial charge in [0.05, 0.1) is 6.54 Å². The van der Waals surface area contributed by atoms with E-state index >= 15 is 0 Å². The van der Waals surface area contributed by atoms with Crippen LogP contribution >= 0.6 is 0 Å². The van der Waals surface area contributed by atoms with Crippen LogP contribution in [0.1, 0.15) is 42.6 Å². The van der Waals surface area contributed by atoms with E-state index in [9.17, 15) is 19.2 Å². The van der Waals surface area contributed by atoms with Crippen LogP contribution in [-0.2, 0) is 15.1 Å². The molecule has 1 saturated heterocycles. The quantitative estimate of drug-likeness (QED) is 0.422. The first kappa shape index (κ1) is 22.2. The molecule has 4 amide bonds. The Labute approximate surface area is 191 Å². The number of anilines is 1. The largest absolute Gasteiger partial charge is 0.326 e. The van der Waals surface area contributed by atoms with Crippen LogP contribution in [0.3, 0.4) is 0 Å². The fourth-order valence-electron chi connectivity index (χ4n) is 4.11.